The van der Waals surface area contributed by atoms with Crippen molar-refractivity contribution in [1.29, 1.82) is 0 Å². The molecular weight excluding hydrogens is 400 g/mol. The Hall–Kier alpha value is -3.74. The predicted molar refractivity (Wildman–Crippen MR) is 113 cm³/mol. The van der Waals surface area contributed by atoms with Crippen LogP contribution in [-0.2, 0) is 31.9 Å². The van der Waals surface area contributed by atoms with Crippen LogP contribution in [0.1, 0.15) is 30.5 Å². The SMILES string of the molecule is COC(=O)C1(Cc2ccc(CC=C(C)C)c(O)c2)OC(=O)C(O)=C1c1ccc(O)cc1. The van der Waals surface area contributed by atoms with Gasteiger partial charge in [-0.25, -0.2) is 9.59 Å². The summed E-state index contributed by atoms with van der Waals surface area (Å²) in [6, 6.07) is 10.6. The fraction of sp³-hybridized carbons (Fsp3) is 0.250. The van der Waals surface area contributed by atoms with Crippen molar-refractivity contribution in [3.63, 3.8) is 0 Å². The molecule has 2 aromatic rings. The molecule has 1 atom stereocenters. The lowest BCUT2D eigenvalue weighted by atomic mass is 9.83. The van der Waals surface area contributed by atoms with Crippen molar-refractivity contribution < 1.29 is 34.4 Å². The van der Waals surface area contributed by atoms with Gasteiger partial charge < -0.3 is 24.8 Å². The Kier molecular flexibility index (Phi) is 6.06. The second-order valence-electron chi connectivity index (χ2n) is 7.60. The number of rotatable bonds is 6. The molecule has 0 radical (unpaired) electrons. The summed E-state index contributed by atoms with van der Waals surface area (Å²) in [4.78, 5) is 25.1. The van der Waals surface area contributed by atoms with Crippen molar-refractivity contribution in [2.24, 2.45) is 0 Å². The molecule has 0 aliphatic carbocycles. The Balaban J connectivity index is 2.06. The minimum Gasteiger partial charge on any atom is -0.508 e. The number of methoxy groups -OCH3 is 1. The smallest absolute Gasteiger partial charge is 0.375 e. The summed E-state index contributed by atoms with van der Waals surface area (Å²) < 4.78 is 10.3. The van der Waals surface area contributed by atoms with Crippen molar-refractivity contribution in [3.8, 4) is 11.5 Å². The van der Waals surface area contributed by atoms with Gasteiger partial charge >= 0.3 is 11.9 Å². The van der Waals surface area contributed by atoms with E-state index in [1.807, 2.05) is 19.9 Å². The Morgan fingerprint density at radius 1 is 1.10 bits per heavy atom. The second kappa shape index (κ2) is 8.55. The molecule has 31 heavy (non-hydrogen) atoms. The average molecular weight is 424 g/mol. The molecule has 0 amide bonds. The highest BCUT2D eigenvalue weighted by molar-refractivity contribution is 6.11. The van der Waals surface area contributed by atoms with E-state index < -0.39 is 23.3 Å². The quantitative estimate of drug-likeness (QED) is 0.480. The van der Waals surface area contributed by atoms with Gasteiger partial charge in [0.2, 0.25) is 11.4 Å². The van der Waals surface area contributed by atoms with E-state index in [0.717, 1.165) is 12.7 Å². The van der Waals surface area contributed by atoms with Gasteiger partial charge in [-0.15, -0.1) is 0 Å². The van der Waals surface area contributed by atoms with E-state index in [9.17, 15) is 24.9 Å². The molecule has 7 heteroatoms. The molecule has 1 aliphatic rings. The van der Waals surface area contributed by atoms with E-state index >= 15 is 0 Å². The highest BCUT2D eigenvalue weighted by Crippen LogP contribution is 2.43. The Morgan fingerprint density at radius 3 is 2.35 bits per heavy atom. The van der Waals surface area contributed by atoms with E-state index in [1.165, 1.54) is 30.3 Å². The van der Waals surface area contributed by atoms with Crippen molar-refractivity contribution in [2.75, 3.05) is 7.11 Å². The molecule has 0 spiro atoms. The van der Waals surface area contributed by atoms with Crippen molar-refractivity contribution in [3.05, 3.63) is 76.6 Å². The van der Waals surface area contributed by atoms with Crippen LogP contribution in [0.15, 0.2) is 59.9 Å². The lowest BCUT2D eigenvalue weighted by Gasteiger charge is -2.28. The molecule has 1 unspecified atom stereocenters. The normalized spacial score (nSPS) is 18.0. The zero-order valence-corrected chi connectivity index (χ0v) is 17.5. The molecule has 0 aromatic heterocycles. The number of aliphatic hydroxyl groups excluding tert-OH is 1. The number of phenolic OH excluding ortho intramolecular Hbond substituents is 2. The van der Waals surface area contributed by atoms with Gasteiger partial charge in [0.05, 0.1) is 12.7 Å². The van der Waals surface area contributed by atoms with Crippen LogP contribution in [0.25, 0.3) is 5.57 Å². The van der Waals surface area contributed by atoms with Gasteiger partial charge in [0.15, 0.2) is 0 Å². The number of hydrogen-bond acceptors (Lipinski definition) is 7. The summed E-state index contributed by atoms with van der Waals surface area (Å²) in [5.74, 6) is -2.62. The summed E-state index contributed by atoms with van der Waals surface area (Å²) >= 11 is 0. The molecule has 1 aliphatic heterocycles. The van der Waals surface area contributed by atoms with Crippen molar-refractivity contribution in [1.82, 2.24) is 0 Å². The van der Waals surface area contributed by atoms with E-state index in [0.29, 0.717) is 23.1 Å². The fourth-order valence-electron chi connectivity index (χ4n) is 3.55. The van der Waals surface area contributed by atoms with Crippen LogP contribution < -0.4 is 0 Å². The monoisotopic (exact) mass is 424 g/mol. The van der Waals surface area contributed by atoms with Gasteiger partial charge in [0, 0.05) is 6.42 Å². The van der Waals surface area contributed by atoms with Crippen LogP contribution in [0.4, 0.5) is 0 Å². The highest BCUT2D eigenvalue weighted by atomic mass is 16.6. The lowest BCUT2D eigenvalue weighted by Crippen LogP contribution is -2.44. The number of benzene rings is 2. The van der Waals surface area contributed by atoms with Crippen LogP contribution in [-0.4, -0.2) is 40.0 Å². The molecule has 0 fully saturated rings. The van der Waals surface area contributed by atoms with Crippen LogP contribution in [0.3, 0.4) is 0 Å². The van der Waals surface area contributed by atoms with Crippen LogP contribution in [0.5, 0.6) is 11.5 Å². The standard InChI is InChI=1S/C24H24O7/c1-14(2)4-6-16-7-5-15(12-19(16)26)13-24(23(29)30-3)20(21(27)22(28)31-24)17-8-10-18(25)11-9-17/h4-5,7-12,25-27H,6,13H2,1-3H3. The lowest BCUT2D eigenvalue weighted by molar-refractivity contribution is -0.169. The number of esters is 2. The van der Waals surface area contributed by atoms with Gasteiger partial charge in [0.1, 0.15) is 11.5 Å². The van der Waals surface area contributed by atoms with Gasteiger partial charge in [0.25, 0.3) is 0 Å². The third kappa shape index (κ3) is 4.26. The summed E-state index contributed by atoms with van der Waals surface area (Å²) in [5.41, 5.74) is 0.639. The topological polar surface area (TPSA) is 113 Å². The maximum Gasteiger partial charge on any atom is 0.375 e. The third-order valence-corrected chi connectivity index (χ3v) is 5.11. The molecule has 162 valence electrons. The molecule has 1 heterocycles. The first-order chi connectivity index (χ1) is 14.7. The van der Waals surface area contributed by atoms with Crippen LogP contribution in [0, 0.1) is 0 Å². The number of allylic oxidation sites excluding steroid dienone is 2. The summed E-state index contributed by atoms with van der Waals surface area (Å²) in [6.07, 6.45) is 2.36. The number of cyclic esters (lactones) is 1. The van der Waals surface area contributed by atoms with Crippen molar-refractivity contribution in [2.45, 2.75) is 32.3 Å². The van der Waals surface area contributed by atoms with Gasteiger partial charge in [-0.05, 0) is 55.2 Å². The number of carbonyl (C=O) groups excluding carboxylic acids is 2. The largest absolute Gasteiger partial charge is 0.508 e. The summed E-state index contributed by atoms with van der Waals surface area (Å²) in [5, 5.41) is 30.4. The first-order valence-electron chi connectivity index (χ1n) is 9.67. The number of ether oxygens (including phenoxy) is 2. The van der Waals surface area contributed by atoms with E-state index in [4.69, 9.17) is 9.47 Å². The number of hydrogen-bond donors (Lipinski definition) is 3. The van der Waals surface area contributed by atoms with Gasteiger partial charge in [-0.3, -0.25) is 0 Å². The first kappa shape index (κ1) is 22.0. The maximum absolute atomic E-state index is 12.8. The summed E-state index contributed by atoms with van der Waals surface area (Å²) in [7, 11) is 1.15. The Bertz CT molecular complexity index is 1080. The zero-order valence-electron chi connectivity index (χ0n) is 17.5. The zero-order chi connectivity index (χ0) is 22.8. The van der Waals surface area contributed by atoms with Gasteiger partial charge in [-0.1, -0.05) is 35.9 Å². The highest BCUT2D eigenvalue weighted by Gasteiger charge is 2.55. The van der Waals surface area contributed by atoms with E-state index in [1.54, 1.807) is 12.1 Å². The van der Waals surface area contributed by atoms with Crippen LogP contribution in [0.2, 0.25) is 0 Å². The fourth-order valence-corrected chi connectivity index (χ4v) is 3.55. The maximum atomic E-state index is 12.8. The average Bonchev–Trinajstić information content (AvgIpc) is 2.98. The second-order valence-corrected chi connectivity index (χ2v) is 7.60. The summed E-state index contributed by atoms with van der Waals surface area (Å²) in [6.45, 7) is 3.92. The number of aliphatic hydroxyl groups is 1. The molecule has 3 rings (SSSR count). The predicted octanol–water partition coefficient (Wildman–Crippen LogP) is 3.59. The Labute approximate surface area is 179 Å². The third-order valence-electron chi connectivity index (χ3n) is 5.11. The molecule has 0 saturated carbocycles. The minimum absolute atomic E-state index is 0.0189. The van der Waals surface area contributed by atoms with E-state index in [2.05, 4.69) is 0 Å². The molecule has 0 bridgehead atoms. The van der Waals surface area contributed by atoms with Gasteiger partial charge in [-0.2, -0.15) is 0 Å². The number of aromatic hydroxyl groups is 2. The van der Waals surface area contributed by atoms with Crippen molar-refractivity contribution >= 4 is 17.5 Å². The molecule has 7 nitrogen and oxygen atoms in total. The number of carbonyl (C=O) groups is 2. The molecule has 3 N–H and O–H groups in total. The minimum atomic E-state index is -1.94. The molecule has 2 aromatic carbocycles. The molecule has 0 saturated heterocycles. The van der Waals surface area contributed by atoms with E-state index in [-0.39, 0.29) is 23.5 Å². The molecular formula is C24H24O7. The van der Waals surface area contributed by atoms with Crippen LogP contribution >= 0.6 is 0 Å². The number of phenols is 2. The first-order valence-corrected chi connectivity index (χ1v) is 9.67. The Morgan fingerprint density at radius 2 is 1.77 bits per heavy atom.